The van der Waals surface area contributed by atoms with E-state index in [1.54, 1.807) is 7.11 Å². The molecule has 3 rings (SSSR count). The molecule has 2 aromatic carbocycles. The minimum atomic E-state index is 0.371. The molecule has 0 aliphatic heterocycles. The molecule has 4 nitrogen and oxygen atoms in total. The molecule has 0 unspecified atom stereocenters. The van der Waals surface area contributed by atoms with E-state index in [9.17, 15) is 0 Å². The number of anilines is 1. The Bertz CT molecular complexity index is 766. The van der Waals surface area contributed by atoms with Crippen molar-refractivity contribution in [3.63, 3.8) is 0 Å². The minimum absolute atomic E-state index is 0.371. The number of aromatic nitrogens is 1. The van der Waals surface area contributed by atoms with E-state index in [1.165, 1.54) is 0 Å². The van der Waals surface area contributed by atoms with Gasteiger partial charge >= 0.3 is 0 Å². The first-order valence-corrected chi connectivity index (χ1v) is 7.14. The van der Waals surface area contributed by atoms with Crippen molar-refractivity contribution >= 4 is 21.7 Å². The summed E-state index contributed by atoms with van der Waals surface area (Å²) in [7, 11) is 1.63. The van der Waals surface area contributed by atoms with Crippen LogP contribution in [0.25, 0.3) is 22.5 Å². The average Bonchev–Trinajstić information content (AvgIpc) is 2.89. The van der Waals surface area contributed by atoms with Crippen LogP contribution in [0.5, 0.6) is 5.75 Å². The van der Waals surface area contributed by atoms with Gasteiger partial charge in [0.2, 0.25) is 0 Å². The normalized spacial score (nSPS) is 10.6. The van der Waals surface area contributed by atoms with Crippen LogP contribution in [0.1, 0.15) is 0 Å². The highest BCUT2D eigenvalue weighted by Crippen LogP contribution is 2.37. The van der Waals surface area contributed by atoms with E-state index in [1.807, 2.05) is 48.5 Å². The largest absolute Gasteiger partial charge is 0.497 e. The van der Waals surface area contributed by atoms with Crippen LogP contribution < -0.4 is 10.5 Å². The van der Waals surface area contributed by atoms with Crippen LogP contribution in [0.15, 0.2) is 57.5 Å². The van der Waals surface area contributed by atoms with Crippen molar-refractivity contribution < 1.29 is 9.26 Å². The number of ether oxygens (including phenoxy) is 1. The van der Waals surface area contributed by atoms with Crippen LogP contribution in [-0.4, -0.2) is 12.3 Å². The second-order valence-electron chi connectivity index (χ2n) is 4.51. The first-order chi connectivity index (χ1) is 10.2. The number of nitrogens with zero attached hydrogens (tertiary/aromatic N) is 1. The van der Waals surface area contributed by atoms with Crippen LogP contribution in [0.2, 0.25) is 0 Å². The van der Waals surface area contributed by atoms with Crippen molar-refractivity contribution in [1.82, 2.24) is 5.16 Å². The summed E-state index contributed by atoms with van der Waals surface area (Å²) in [4.78, 5) is 0. The Morgan fingerprint density at radius 2 is 1.86 bits per heavy atom. The number of nitrogen functional groups attached to an aromatic ring is 1. The third-order valence-corrected chi connectivity index (χ3v) is 3.68. The lowest BCUT2D eigenvalue weighted by Gasteiger charge is -2.05. The number of halogens is 1. The molecule has 0 bridgehead atoms. The monoisotopic (exact) mass is 344 g/mol. The van der Waals surface area contributed by atoms with Crippen molar-refractivity contribution in [3.05, 3.63) is 53.0 Å². The SMILES string of the molecule is COc1ccc(-c2c(N)noc2-c2cccc(Br)c2)cc1. The Morgan fingerprint density at radius 1 is 1.10 bits per heavy atom. The summed E-state index contributed by atoms with van der Waals surface area (Å²) in [6, 6.07) is 15.4. The van der Waals surface area contributed by atoms with Crippen LogP contribution >= 0.6 is 15.9 Å². The van der Waals surface area contributed by atoms with Gasteiger partial charge in [0, 0.05) is 10.0 Å². The van der Waals surface area contributed by atoms with E-state index >= 15 is 0 Å². The predicted molar refractivity (Wildman–Crippen MR) is 86.0 cm³/mol. The van der Waals surface area contributed by atoms with Gasteiger partial charge in [-0.15, -0.1) is 0 Å². The molecule has 2 N–H and O–H groups in total. The fraction of sp³-hybridized carbons (Fsp3) is 0.0625. The summed E-state index contributed by atoms with van der Waals surface area (Å²) < 4.78 is 11.6. The molecule has 0 radical (unpaired) electrons. The van der Waals surface area contributed by atoms with Crippen LogP contribution in [0.3, 0.4) is 0 Å². The molecule has 0 spiro atoms. The Morgan fingerprint density at radius 3 is 2.52 bits per heavy atom. The van der Waals surface area contributed by atoms with Crippen LogP contribution in [-0.2, 0) is 0 Å². The number of rotatable bonds is 3. The molecule has 0 saturated carbocycles. The fourth-order valence-electron chi connectivity index (χ4n) is 2.17. The van der Waals surface area contributed by atoms with Gasteiger partial charge in [0.05, 0.1) is 12.7 Å². The maximum Gasteiger partial charge on any atom is 0.176 e. The summed E-state index contributed by atoms with van der Waals surface area (Å²) >= 11 is 3.46. The summed E-state index contributed by atoms with van der Waals surface area (Å²) in [5, 5.41) is 3.90. The maximum atomic E-state index is 5.97. The highest BCUT2D eigenvalue weighted by molar-refractivity contribution is 9.10. The first kappa shape index (κ1) is 13.7. The summed E-state index contributed by atoms with van der Waals surface area (Å²) in [5.74, 6) is 1.81. The second-order valence-corrected chi connectivity index (χ2v) is 5.43. The zero-order chi connectivity index (χ0) is 14.8. The summed E-state index contributed by atoms with van der Waals surface area (Å²) in [6.07, 6.45) is 0. The van der Waals surface area contributed by atoms with Gasteiger partial charge in [0.15, 0.2) is 11.6 Å². The van der Waals surface area contributed by atoms with Gasteiger partial charge in [-0.2, -0.15) is 0 Å². The molecule has 21 heavy (non-hydrogen) atoms. The lowest BCUT2D eigenvalue weighted by atomic mass is 10.0. The first-order valence-electron chi connectivity index (χ1n) is 6.34. The van der Waals surface area contributed by atoms with Gasteiger partial charge in [-0.1, -0.05) is 45.4 Å². The highest BCUT2D eigenvalue weighted by Gasteiger charge is 2.17. The van der Waals surface area contributed by atoms with Gasteiger partial charge in [-0.05, 0) is 29.8 Å². The van der Waals surface area contributed by atoms with E-state index in [2.05, 4.69) is 21.1 Å². The Hall–Kier alpha value is -2.27. The smallest absolute Gasteiger partial charge is 0.176 e. The zero-order valence-corrected chi connectivity index (χ0v) is 12.9. The van der Waals surface area contributed by atoms with Gasteiger partial charge in [-0.25, -0.2) is 0 Å². The lowest BCUT2D eigenvalue weighted by Crippen LogP contribution is -1.89. The topological polar surface area (TPSA) is 61.3 Å². The third-order valence-electron chi connectivity index (χ3n) is 3.18. The average molecular weight is 345 g/mol. The van der Waals surface area contributed by atoms with Crippen molar-refractivity contribution in [2.45, 2.75) is 0 Å². The molecule has 0 aliphatic carbocycles. The molecular formula is C16H13BrN2O2. The third kappa shape index (κ3) is 2.64. The number of hydrogen-bond acceptors (Lipinski definition) is 4. The molecule has 1 aromatic heterocycles. The Labute approximate surface area is 130 Å². The highest BCUT2D eigenvalue weighted by atomic mass is 79.9. The van der Waals surface area contributed by atoms with E-state index in [-0.39, 0.29) is 0 Å². The number of methoxy groups -OCH3 is 1. The Kier molecular flexibility index (Phi) is 3.66. The minimum Gasteiger partial charge on any atom is -0.497 e. The Balaban J connectivity index is 2.12. The lowest BCUT2D eigenvalue weighted by molar-refractivity contribution is 0.415. The van der Waals surface area contributed by atoms with Crippen molar-refractivity contribution in [1.29, 1.82) is 0 Å². The molecule has 0 amide bonds. The molecule has 1 heterocycles. The number of nitrogens with two attached hydrogens (primary N) is 1. The maximum absolute atomic E-state index is 5.97. The van der Waals surface area contributed by atoms with Gasteiger partial charge in [0.25, 0.3) is 0 Å². The van der Waals surface area contributed by atoms with E-state index in [0.717, 1.165) is 26.9 Å². The van der Waals surface area contributed by atoms with Crippen molar-refractivity contribution in [3.8, 4) is 28.2 Å². The van der Waals surface area contributed by atoms with Gasteiger partial charge < -0.3 is 15.0 Å². The molecule has 106 valence electrons. The molecule has 5 heteroatoms. The molecule has 0 saturated heterocycles. The molecule has 0 atom stereocenters. The zero-order valence-electron chi connectivity index (χ0n) is 11.3. The van der Waals surface area contributed by atoms with Gasteiger partial charge in [0.1, 0.15) is 5.75 Å². The van der Waals surface area contributed by atoms with E-state index in [4.69, 9.17) is 15.0 Å². The number of hydrogen-bond donors (Lipinski definition) is 1. The molecule has 0 aliphatic rings. The van der Waals surface area contributed by atoms with Crippen LogP contribution in [0, 0.1) is 0 Å². The quantitative estimate of drug-likeness (QED) is 0.766. The fourth-order valence-corrected chi connectivity index (χ4v) is 2.57. The summed E-state index contributed by atoms with van der Waals surface area (Å²) in [5.41, 5.74) is 8.61. The summed E-state index contributed by atoms with van der Waals surface area (Å²) in [6.45, 7) is 0. The second kappa shape index (κ2) is 5.61. The van der Waals surface area contributed by atoms with Gasteiger partial charge in [-0.3, -0.25) is 0 Å². The van der Waals surface area contributed by atoms with E-state index < -0.39 is 0 Å². The molecule has 0 fully saturated rings. The van der Waals surface area contributed by atoms with Crippen molar-refractivity contribution in [2.24, 2.45) is 0 Å². The number of benzene rings is 2. The molecule has 3 aromatic rings. The van der Waals surface area contributed by atoms with E-state index in [0.29, 0.717) is 11.6 Å². The predicted octanol–water partition coefficient (Wildman–Crippen LogP) is 4.36. The van der Waals surface area contributed by atoms with Crippen LogP contribution in [0.4, 0.5) is 5.82 Å². The standard InChI is InChI=1S/C16H13BrN2O2/c1-20-13-7-5-10(6-8-13)14-15(21-19-16(14)18)11-3-2-4-12(17)9-11/h2-9H,1H3,(H2,18,19). The van der Waals surface area contributed by atoms with Crippen molar-refractivity contribution in [2.75, 3.05) is 12.8 Å². The molecular weight excluding hydrogens is 332 g/mol.